The van der Waals surface area contributed by atoms with Crippen LogP contribution in [0, 0.1) is 0 Å². The van der Waals surface area contributed by atoms with E-state index in [1.54, 1.807) is 12.4 Å². The van der Waals surface area contributed by atoms with Crippen molar-refractivity contribution in [2.75, 3.05) is 5.32 Å². The van der Waals surface area contributed by atoms with Gasteiger partial charge in [-0.1, -0.05) is 65.9 Å². The summed E-state index contributed by atoms with van der Waals surface area (Å²) in [6.07, 6.45) is 5.18. The van der Waals surface area contributed by atoms with Crippen LogP contribution in [0.2, 0.25) is 0 Å². The Morgan fingerprint density at radius 3 is 2.59 bits per heavy atom. The molecule has 0 unspecified atom stereocenters. The predicted octanol–water partition coefficient (Wildman–Crippen LogP) is 5.05. The quantitative estimate of drug-likeness (QED) is 0.482. The molecule has 0 atom stereocenters. The van der Waals surface area contributed by atoms with E-state index in [-0.39, 0.29) is 5.78 Å². The van der Waals surface area contributed by atoms with Gasteiger partial charge < -0.3 is 5.32 Å². The summed E-state index contributed by atoms with van der Waals surface area (Å²) in [5.74, 6) is -0.0142. The molecule has 27 heavy (non-hydrogen) atoms. The number of ketones is 1. The molecule has 4 aromatic rings. The first-order valence-corrected chi connectivity index (χ1v) is 9.40. The summed E-state index contributed by atoms with van der Waals surface area (Å²) in [4.78, 5) is 21.9. The lowest BCUT2D eigenvalue weighted by molar-refractivity contribution is 0.104. The Bertz CT molecular complexity index is 1050. The van der Waals surface area contributed by atoms with Crippen LogP contribution in [0.1, 0.15) is 20.8 Å². The first-order valence-electron chi connectivity index (χ1n) is 8.58. The van der Waals surface area contributed by atoms with Gasteiger partial charge in [-0.3, -0.25) is 9.78 Å². The Labute approximate surface area is 161 Å². The summed E-state index contributed by atoms with van der Waals surface area (Å²) in [6, 6.07) is 21.6. The van der Waals surface area contributed by atoms with E-state index in [2.05, 4.69) is 15.3 Å². The van der Waals surface area contributed by atoms with E-state index in [0.717, 1.165) is 21.8 Å². The van der Waals surface area contributed by atoms with E-state index in [4.69, 9.17) is 0 Å². The van der Waals surface area contributed by atoms with E-state index in [9.17, 15) is 4.79 Å². The van der Waals surface area contributed by atoms with Gasteiger partial charge in [-0.2, -0.15) is 0 Å². The zero-order valence-electron chi connectivity index (χ0n) is 14.5. The van der Waals surface area contributed by atoms with E-state index < -0.39 is 0 Å². The van der Waals surface area contributed by atoms with Gasteiger partial charge in [0.15, 0.2) is 5.13 Å². The molecule has 132 valence electrons. The van der Waals surface area contributed by atoms with Crippen molar-refractivity contribution in [1.82, 2.24) is 9.97 Å². The molecule has 0 spiro atoms. The lowest BCUT2D eigenvalue weighted by Gasteiger charge is -2.04. The fraction of sp³-hybridized carbons (Fsp3) is 0.0455. The minimum Gasteiger partial charge on any atom is -0.357 e. The highest BCUT2D eigenvalue weighted by Gasteiger charge is 2.14. The number of carbonyl (C=O) groups is 1. The van der Waals surface area contributed by atoms with Crippen molar-refractivity contribution in [1.29, 1.82) is 0 Å². The highest BCUT2D eigenvalue weighted by Crippen LogP contribution is 2.25. The minimum absolute atomic E-state index is 0.0142. The Kier molecular flexibility index (Phi) is 5.03. The molecule has 2 aromatic heterocycles. The maximum atomic E-state index is 12.9. The van der Waals surface area contributed by atoms with Crippen molar-refractivity contribution in [2.24, 2.45) is 0 Å². The Hall–Kier alpha value is -3.31. The van der Waals surface area contributed by atoms with Gasteiger partial charge in [-0.15, -0.1) is 0 Å². The van der Waals surface area contributed by atoms with E-state index >= 15 is 0 Å². The molecule has 5 heteroatoms. The number of aromatic nitrogens is 2. The molecule has 0 amide bonds. The van der Waals surface area contributed by atoms with Crippen LogP contribution < -0.4 is 5.32 Å². The monoisotopic (exact) mass is 371 g/mol. The molecule has 2 heterocycles. The van der Waals surface area contributed by atoms with Crippen LogP contribution in [0.3, 0.4) is 0 Å². The largest absolute Gasteiger partial charge is 0.357 e. The van der Waals surface area contributed by atoms with Crippen LogP contribution in [-0.4, -0.2) is 15.8 Å². The second-order valence-electron chi connectivity index (χ2n) is 6.02. The Morgan fingerprint density at radius 1 is 0.926 bits per heavy atom. The van der Waals surface area contributed by atoms with Gasteiger partial charge >= 0.3 is 0 Å². The first-order chi connectivity index (χ1) is 13.3. The molecule has 0 bridgehead atoms. The molecule has 0 fully saturated rings. The number of hydrogen-bond acceptors (Lipinski definition) is 5. The average Bonchev–Trinajstić information content (AvgIpc) is 3.22. The minimum atomic E-state index is -0.0142. The van der Waals surface area contributed by atoms with E-state index in [1.807, 2.05) is 72.9 Å². The lowest BCUT2D eigenvalue weighted by Crippen LogP contribution is -1.99. The predicted molar refractivity (Wildman–Crippen MR) is 109 cm³/mol. The molecule has 1 N–H and O–H groups in total. The standard InChI is InChI=1S/C22H17N3OS/c26-21(19-10-4-9-18(12-19)17-7-2-1-3-8-17)20-15-25-22(27-20)24-14-16-6-5-11-23-13-16/h1-13,15H,14H2,(H,24,25). The van der Waals surface area contributed by atoms with Gasteiger partial charge in [0.1, 0.15) is 0 Å². The van der Waals surface area contributed by atoms with Gasteiger partial charge in [0.25, 0.3) is 0 Å². The number of nitrogens with one attached hydrogen (secondary N) is 1. The smallest absolute Gasteiger partial charge is 0.204 e. The Morgan fingerprint density at radius 2 is 1.78 bits per heavy atom. The van der Waals surface area contributed by atoms with Gasteiger partial charge in [0, 0.05) is 24.5 Å². The number of carbonyl (C=O) groups excluding carboxylic acids is 1. The molecule has 4 nitrogen and oxygen atoms in total. The van der Waals surface area contributed by atoms with Gasteiger partial charge in [-0.05, 0) is 28.8 Å². The number of thiazole rings is 1. The van der Waals surface area contributed by atoms with Crippen LogP contribution in [0.4, 0.5) is 5.13 Å². The third-order valence-corrected chi connectivity index (χ3v) is 5.08. The first kappa shape index (κ1) is 17.1. The highest BCUT2D eigenvalue weighted by molar-refractivity contribution is 7.17. The topological polar surface area (TPSA) is 54.9 Å². The molecule has 0 aliphatic heterocycles. The summed E-state index contributed by atoms with van der Waals surface area (Å²) in [5.41, 5.74) is 3.85. The molecular weight excluding hydrogens is 354 g/mol. The number of benzene rings is 2. The fourth-order valence-corrected chi connectivity index (χ4v) is 3.53. The molecule has 0 aliphatic carbocycles. The van der Waals surface area contributed by atoms with Crippen molar-refractivity contribution in [3.8, 4) is 11.1 Å². The van der Waals surface area contributed by atoms with Crippen molar-refractivity contribution in [3.63, 3.8) is 0 Å². The number of nitrogens with zero attached hydrogens (tertiary/aromatic N) is 2. The van der Waals surface area contributed by atoms with Crippen LogP contribution >= 0.6 is 11.3 Å². The molecule has 2 aromatic carbocycles. The van der Waals surface area contributed by atoms with Crippen LogP contribution in [-0.2, 0) is 6.54 Å². The maximum absolute atomic E-state index is 12.9. The van der Waals surface area contributed by atoms with Crippen molar-refractivity contribution < 1.29 is 4.79 Å². The number of hydrogen-bond donors (Lipinski definition) is 1. The second kappa shape index (κ2) is 7.93. The summed E-state index contributed by atoms with van der Waals surface area (Å²) >= 11 is 1.36. The zero-order valence-corrected chi connectivity index (χ0v) is 15.3. The summed E-state index contributed by atoms with van der Waals surface area (Å²) in [6.45, 7) is 0.623. The maximum Gasteiger partial charge on any atom is 0.204 e. The van der Waals surface area contributed by atoms with Crippen LogP contribution in [0.15, 0.2) is 85.3 Å². The third-order valence-electron chi connectivity index (χ3n) is 4.13. The summed E-state index contributed by atoms with van der Waals surface area (Å²) in [7, 11) is 0. The average molecular weight is 371 g/mol. The number of pyridine rings is 1. The molecule has 4 rings (SSSR count). The number of rotatable bonds is 6. The normalized spacial score (nSPS) is 10.5. The van der Waals surface area contributed by atoms with Crippen molar-refractivity contribution in [2.45, 2.75) is 6.54 Å². The van der Waals surface area contributed by atoms with Gasteiger partial charge in [0.2, 0.25) is 5.78 Å². The SMILES string of the molecule is O=C(c1cccc(-c2ccccc2)c1)c1cnc(NCc2cccnc2)s1. The third kappa shape index (κ3) is 4.10. The summed E-state index contributed by atoms with van der Waals surface area (Å²) in [5, 5.41) is 3.96. The van der Waals surface area contributed by atoms with E-state index in [1.165, 1.54) is 11.3 Å². The highest BCUT2D eigenvalue weighted by atomic mass is 32.1. The van der Waals surface area contributed by atoms with Gasteiger partial charge in [-0.25, -0.2) is 4.98 Å². The van der Waals surface area contributed by atoms with Crippen LogP contribution in [0.5, 0.6) is 0 Å². The fourth-order valence-electron chi connectivity index (χ4n) is 2.75. The molecule has 0 saturated carbocycles. The molecule has 0 aliphatic rings. The van der Waals surface area contributed by atoms with Crippen molar-refractivity contribution >= 4 is 22.3 Å². The summed E-state index contributed by atoms with van der Waals surface area (Å²) < 4.78 is 0. The second-order valence-corrected chi connectivity index (χ2v) is 7.05. The van der Waals surface area contributed by atoms with Crippen LogP contribution in [0.25, 0.3) is 11.1 Å². The van der Waals surface area contributed by atoms with Gasteiger partial charge in [0.05, 0.1) is 11.1 Å². The molecule has 0 saturated heterocycles. The van der Waals surface area contributed by atoms with E-state index in [0.29, 0.717) is 17.0 Å². The molecule has 0 radical (unpaired) electrons. The lowest BCUT2D eigenvalue weighted by atomic mass is 10.0. The molecular formula is C22H17N3OS. The zero-order chi connectivity index (χ0) is 18.5. The number of anilines is 1. The Balaban J connectivity index is 1.49. The van der Waals surface area contributed by atoms with Crippen molar-refractivity contribution in [3.05, 3.63) is 101 Å².